The van der Waals surface area contributed by atoms with Crippen molar-refractivity contribution < 1.29 is 23.9 Å². The normalized spacial score (nSPS) is 17.6. The highest BCUT2D eigenvalue weighted by molar-refractivity contribution is 8.00. The van der Waals surface area contributed by atoms with E-state index in [-0.39, 0.29) is 42.4 Å². The molecule has 1 fully saturated rings. The standard InChI is InChI=1S/C23H28N4O5S/c1-31-18-8-6-16(7-9-18)25-22(30)14-33-23-26-17(12-21(29)27-23)11-20(28)24-13-15-4-3-5-19(10-15)32-2/h3-10,17,23,26H,11-14H2,1-2H3,(H,24,28)(H,25,30)(H,27,29). The molecule has 10 heteroatoms. The zero-order valence-electron chi connectivity index (χ0n) is 18.6. The number of anilines is 1. The Morgan fingerprint density at radius 2 is 1.82 bits per heavy atom. The fourth-order valence-electron chi connectivity index (χ4n) is 3.27. The largest absolute Gasteiger partial charge is 0.497 e. The van der Waals surface area contributed by atoms with Crippen molar-refractivity contribution in [2.75, 3.05) is 25.3 Å². The first kappa shape index (κ1) is 24.4. The van der Waals surface area contributed by atoms with Gasteiger partial charge in [-0.05, 0) is 42.0 Å². The highest BCUT2D eigenvalue weighted by Crippen LogP contribution is 2.17. The summed E-state index contributed by atoms with van der Waals surface area (Å²) in [5.74, 6) is 1.05. The first-order valence-electron chi connectivity index (χ1n) is 10.5. The van der Waals surface area contributed by atoms with Crippen LogP contribution >= 0.6 is 11.8 Å². The molecule has 3 amide bonds. The van der Waals surface area contributed by atoms with Crippen LogP contribution in [0.4, 0.5) is 5.69 Å². The third-order valence-corrected chi connectivity index (χ3v) is 5.94. The number of ether oxygens (including phenoxy) is 2. The van der Waals surface area contributed by atoms with Gasteiger partial charge in [-0.25, -0.2) is 0 Å². The summed E-state index contributed by atoms with van der Waals surface area (Å²) in [6.07, 6.45) is 0.355. The lowest BCUT2D eigenvalue weighted by Crippen LogP contribution is -2.56. The molecule has 2 unspecified atom stereocenters. The van der Waals surface area contributed by atoms with Gasteiger partial charge >= 0.3 is 0 Å². The van der Waals surface area contributed by atoms with Crippen molar-refractivity contribution in [3.8, 4) is 11.5 Å². The lowest BCUT2D eigenvalue weighted by atomic mass is 10.1. The maximum atomic E-state index is 12.4. The number of rotatable bonds is 10. The molecule has 2 atom stereocenters. The van der Waals surface area contributed by atoms with Crippen LogP contribution in [-0.2, 0) is 20.9 Å². The summed E-state index contributed by atoms with van der Waals surface area (Å²) >= 11 is 1.26. The second-order valence-electron chi connectivity index (χ2n) is 7.44. The van der Waals surface area contributed by atoms with E-state index in [4.69, 9.17) is 9.47 Å². The van der Waals surface area contributed by atoms with E-state index >= 15 is 0 Å². The van der Waals surface area contributed by atoms with E-state index in [2.05, 4.69) is 21.3 Å². The van der Waals surface area contributed by atoms with Crippen LogP contribution in [0.15, 0.2) is 48.5 Å². The van der Waals surface area contributed by atoms with Crippen molar-refractivity contribution in [1.82, 2.24) is 16.0 Å². The van der Waals surface area contributed by atoms with Crippen LogP contribution in [-0.4, -0.2) is 49.2 Å². The maximum Gasteiger partial charge on any atom is 0.234 e. The van der Waals surface area contributed by atoms with Crippen molar-refractivity contribution in [3.05, 3.63) is 54.1 Å². The van der Waals surface area contributed by atoms with E-state index in [0.29, 0.717) is 18.0 Å². The summed E-state index contributed by atoms with van der Waals surface area (Å²) < 4.78 is 10.3. The molecule has 0 radical (unpaired) electrons. The van der Waals surface area contributed by atoms with Crippen LogP contribution in [0.3, 0.4) is 0 Å². The second kappa shape index (κ2) is 12.1. The molecule has 0 aromatic heterocycles. The molecule has 0 saturated carbocycles. The number of methoxy groups -OCH3 is 2. The summed E-state index contributed by atoms with van der Waals surface area (Å²) in [6.45, 7) is 0.374. The number of nitrogens with one attached hydrogen (secondary N) is 4. The predicted octanol–water partition coefficient (Wildman–Crippen LogP) is 1.84. The number of benzene rings is 2. The number of hydrogen-bond acceptors (Lipinski definition) is 7. The molecule has 33 heavy (non-hydrogen) atoms. The molecule has 1 saturated heterocycles. The third-order valence-electron chi connectivity index (χ3n) is 4.92. The van der Waals surface area contributed by atoms with Crippen LogP contribution in [0.1, 0.15) is 18.4 Å². The molecule has 1 heterocycles. The van der Waals surface area contributed by atoms with E-state index in [1.807, 2.05) is 24.3 Å². The summed E-state index contributed by atoms with van der Waals surface area (Å²) in [4.78, 5) is 36.7. The Hall–Kier alpha value is -3.24. The van der Waals surface area contributed by atoms with Crippen LogP contribution in [0.2, 0.25) is 0 Å². The number of thioether (sulfide) groups is 1. The minimum absolute atomic E-state index is 0.138. The van der Waals surface area contributed by atoms with Crippen molar-refractivity contribution in [2.24, 2.45) is 0 Å². The molecule has 9 nitrogen and oxygen atoms in total. The molecule has 1 aliphatic heterocycles. The van der Waals surface area contributed by atoms with Crippen LogP contribution in [0.25, 0.3) is 0 Å². The fraction of sp³-hybridized carbons (Fsp3) is 0.348. The quantitative estimate of drug-likeness (QED) is 0.417. The minimum atomic E-state index is -0.455. The summed E-state index contributed by atoms with van der Waals surface area (Å²) in [5, 5.41) is 11.7. The van der Waals surface area contributed by atoms with Crippen molar-refractivity contribution in [2.45, 2.75) is 30.9 Å². The van der Waals surface area contributed by atoms with Crippen molar-refractivity contribution in [3.63, 3.8) is 0 Å². The fourth-order valence-corrected chi connectivity index (χ4v) is 4.17. The Kier molecular flexibility index (Phi) is 8.96. The Labute approximate surface area is 197 Å². The molecule has 0 spiro atoms. The maximum absolute atomic E-state index is 12.4. The van der Waals surface area contributed by atoms with E-state index in [1.54, 1.807) is 38.5 Å². The number of carbonyl (C=O) groups excluding carboxylic acids is 3. The Balaban J connectivity index is 1.42. The van der Waals surface area contributed by atoms with Gasteiger partial charge in [0.1, 0.15) is 17.0 Å². The SMILES string of the molecule is COc1ccc(NC(=O)CSC2NC(=O)CC(CC(=O)NCc3cccc(OC)c3)N2)cc1. The lowest BCUT2D eigenvalue weighted by molar-refractivity contribution is -0.125. The Morgan fingerprint density at radius 3 is 2.55 bits per heavy atom. The predicted molar refractivity (Wildman–Crippen MR) is 127 cm³/mol. The monoisotopic (exact) mass is 472 g/mol. The highest BCUT2D eigenvalue weighted by Gasteiger charge is 2.28. The van der Waals surface area contributed by atoms with Gasteiger partial charge in [0.15, 0.2) is 0 Å². The van der Waals surface area contributed by atoms with Gasteiger partial charge in [-0.1, -0.05) is 12.1 Å². The van der Waals surface area contributed by atoms with Crippen LogP contribution < -0.4 is 30.7 Å². The smallest absolute Gasteiger partial charge is 0.234 e. The molecule has 176 valence electrons. The Bertz CT molecular complexity index is 970. The highest BCUT2D eigenvalue weighted by atomic mass is 32.2. The summed E-state index contributed by atoms with van der Waals surface area (Å²) in [7, 11) is 3.17. The van der Waals surface area contributed by atoms with E-state index < -0.39 is 5.50 Å². The molecule has 4 N–H and O–H groups in total. The van der Waals surface area contributed by atoms with Crippen LogP contribution in [0.5, 0.6) is 11.5 Å². The van der Waals surface area contributed by atoms with Gasteiger partial charge in [0.05, 0.1) is 20.0 Å². The van der Waals surface area contributed by atoms with Crippen molar-refractivity contribution in [1.29, 1.82) is 0 Å². The number of hydrogen-bond donors (Lipinski definition) is 4. The minimum Gasteiger partial charge on any atom is -0.497 e. The van der Waals surface area contributed by atoms with Gasteiger partial charge in [0, 0.05) is 31.1 Å². The van der Waals surface area contributed by atoms with E-state index in [1.165, 1.54) is 11.8 Å². The lowest BCUT2D eigenvalue weighted by Gasteiger charge is -2.30. The zero-order chi connectivity index (χ0) is 23.6. The van der Waals surface area contributed by atoms with Crippen LogP contribution in [0, 0.1) is 0 Å². The number of amides is 3. The van der Waals surface area contributed by atoms with Gasteiger partial charge in [-0.15, -0.1) is 11.8 Å². The molecular weight excluding hydrogens is 444 g/mol. The molecule has 2 aromatic rings. The average Bonchev–Trinajstić information content (AvgIpc) is 2.82. The molecular formula is C23H28N4O5S. The zero-order valence-corrected chi connectivity index (χ0v) is 19.4. The van der Waals surface area contributed by atoms with Gasteiger partial charge in [-0.3, -0.25) is 19.7 Å². The summed E-state index contributed by atoms with van der Waals surface area (Å²) in [6, 6.07) is 14.2. The first-order valence-corrected chi connectivity index (χ1v) is 11.5. The average molecular weight is 473 g/mol. The van der Waals surface area contributed by atoms with E-state index in [9.17, 15) is 14.4 Å². The van der Waals surface area contributed by atoms with Gasteiger partial charge in [0.25, 0.3) is 0 Å². The second-order valence-corrected chi connectivity index (χ2v) is 8.53. The molecule has 1 aliphatic rings. The topological polar surface area (TPSA) is 118 Å². The number of carbonyl (C=O) groups is 3. The van der Waals surface area contributed by atoms with Crippen molar-refractivity contribution >= 4 is 35.2 Å². The third kappa shape index (κ3) is 7.99. The first-order chi connectivity index (χ1) is 15.9. The molecule has 3 rings (SSSR count). The van der Waals surface area contributed by atoms with Gasteiger partial charge < -0.3 is 25.4 Å². The van der Waals surface area contributed by atoms with E-state index in [0.717, 1.165) is 11.3 Å². The molecule has 0 aliphatic carbocycles. The Morgan fingerprint density at radius 1 is 1.06 bits per heavy atom. The van der Waals surface area contributed by atoms with Gasteiger partial charge in [0.2, 0.25) is 17.7 Å². The van der Waals surface area contributed by atoms with Gasteiger partial charge in [-0.2, -0.15) is 0 Å². The molecule has 2 aromatic carbocycles. The summed E-state index contributed by atoms with van der Waals surface area (Å²) in [5.41, 5.74) is 1.13. The molecule has 0 bridgehead atoms.